The van der Waals surface area contributed by atoms with Crippen LogP contribution in [0.1, 0.15) is 11.1 Å². The van der Waals surface area contributed by atoms with E-state index in [0.717, 1.165) is 29.5 Å². The summed E-state index contributed by atoms with van der Waals surface area (Å²) in [5.74, 6) is 0.466. The van der Waals surface area contributed by atoms with Crippen molar-refractivity contribution >= 4 is 17.4 Å². The molecular formula is C21H14F3N5O2S. The van der Waals surface area contributed by atoms with Crippen molar-refractivity contribution in [1.29, 1.82) is 0 Å². The van der Waals surface area contributed by atoms with E-state index >= 15 is 0 Å². The van der Waals surface area contributed by atoms with Gasteiger partial charge in [-0.15, -0.1) is 10.2 Å². The monoisotopic (exact) mass is 457 g/mol. The molecule has 4 rings (SSSR count). The standard InChI is InChI=1S/C21H14F3N5O2S/c1-13-2-5-16(6-3-13)28-19(14-8-10-25-11-9-14)26-27-20(28)32-18-7-4-15(21(22,23)24)12-17(18)29(30)31/h2-12H,1H3. The first kappa shape index (κ1) is 21.5. The van der Waals surface area contributed by atoms with E-state index in [4.69, 9.17) is 0 Å². The topological polar surface area (TPSA) is 86.7 Å². The number of benzene rings is 2. The number of hydrogen-bond donors (Lipinski definition) is 0. The van der Waals surface area contributed by atoms with Gasteiger partial charge in [-0.25, -0.2) is 0 Å². The van der Waals surface area contributed by atoms with Crippen LogP contribution < -0.4 is 0 Å². The minimum absolute atomic E-state index is 0.0186. The van der Waals surface area contributed by atoms with Gasteiger partial charge in [0.05, 0.1) is 15.4 Å². The zero-order chi connectivity index (χ0) is 22.9. The number of halogens is 3. The summed E-state index contributed by atoms with van der Waals surface area (Å²) in [7, 11) is 0. The van der Waals surface area contributed by atoms with Crippen LogP contribution in [0.2, 0.25) is 0 Å². The lowest BCUT2D eigenvalue weighted by molar-refractivity contribution is -0.388. The molecule has 0 radical (unpaired) electrons. The normalized spacial score (nSPS) is 11.5. The van der Waals surface area contributed by atoms with Crippen LogP contribution in [-0.2, 0) is 6.18 Å². The number of aryl methyl sites for hydroxylation is 1. The molecule has 2 aromatic heterocycles. The molecule has 0 unspecified atom stereocenters. The molecule has 32 heavy (non-hydrogen) atoms. The minimum Gasteiger partial charge on any atom is -0.270 e. The molecule has 0 amide bonds. The van der Waals surface area contributed by atoms with Gasteiger partial charge in [0.15, 0.2) is 5.82 Å². The summed E-state index contributed by atoms with van der Waals surface area (Å²) in [6.45, 7) is 1.93. The molecule has 0 bridgehead atoms. The largest absolute Gasteiger partial charge is 0.416 e. The van der Waals surface area contributed by atoms with Gasteiger partial charge in [0.25, 0.3) is 5.69 Å². The van der Waals surface area contributed by atoms with Gasteiger partial charge in [0.2, 0.25) is 5.16 Å². The van der Waals surface area contributed by atoms with Gasteiger partial charge >= 0.3 is 6.18 Å². The van der Waals surface area contributed by atoms with E-state index in [9.17, 15) is 23.3 Å². The molecule has 0 saturated carbocycles. The smallest absolute Gasteiger partial charge is 0.270 e. The van der Waals surface area contributed by atoms with Gasteiger partial charge in [0, 0.05) is 29.7 Å². The Labute approximate surface area is 184 Å². The fourth-order valence-electron chi connectivity index (χ4n) is 2.97. The summed E-state index contributed by atoms with van der Waals surface area (Å²) in [6.07, 6.45) is -1.50. The molecule has 11 heteroatoms. The van der Waals surface area contributed by atoms with Gasteiger partial charge < -0.3 is 0 Å². The summed E-state index contributed by atoms with van der Waals surface area (Å²) in [6, 6.07) is 13.4. The molecule has 0 aliphatic heterocycles. The fraction of sp³-hybridized carbons (Fsp3) is 0.0952. The highest BCUT2D eigenvalue weighted by molar-refractivity contribution is 7.99. The lowest BCUT2D eigenvalue weighted by atomic mass is 10.2. The van der Waals surface area contributed by atoms with E-state index in [2.05, 4.69) is 15.2 Å². The molecule has 4 aromatic rings. The van der Waals surface area contributed by atoms with E-state index in [1.54, 1.807) is 29.1 Å². The van der Waals surface area contributed by atoms with Gasteiger partial charge in [0.1, 0.15) is 0 Å². The minimum atomic E-state index is -4.69. The molecule has 0 aliphatic carbocycles. The molecule has 2 aromatic carbocycles. The van der Waals surface area contributed by atoms with E-state index < -0.39 is 22.4 Å². The predicted octanol–water partition coefficient (Wildman–Crippen LogP) is 5.72. The molecule has 0 fully saturated rings. The lowest BCUT2D eigenvalue weighted by Crippen LogP contribution is -2.06. The summed E-state index contributed by atoms with van der Waals surface area (Å²) in [5.41, 5.74) is 0.686. The van der Waals surface area contributed by atoms with Crippen LogP contribution in [0.25, 0.3) is 17.1 Å². The Morgan fingerprint density at radius 3 is 2.31 bits per heavy atom. The van der Waals surface area contributed by atoms with Gasteiger partial charge in [-0.2, -0.15) is 13.2 Å². The van der Waals surface area contributed by atoms with Crippen molar-refractivity contribution in [3.05, 3.63) is 88.2 Å². The Balaban J connectivity index is 1.84. The van der Waals surface area contributed by atoms with Crippen LogP contribution in [0, 0.1) is 17.0 Å². The second-order valence-corrected chi connectivity index (χ2v) is 7.76. The van der Waals surface area contributed by atoms with Crippen LogP contribution in [0.15, 0.2) is 77.0 Å². The van der Waals surface area contributed by atoms with Crippen molar-refractivity contribution in [2.45, 2.75) is 23.2 Å². The Morgan fingerprint density at radius 2 is 1.69 bits per heavy atom. The van der Waals surface area contributed by atoms with E-state index in [-0.39, 0.29) is 10.1 Å². The summed E-state index contributed by atoms with van der Waals surface area (Å²) < 4.78 is 40.8. The number of pyridine rings is 1. The zero-order valence-electron chi connectivity index (χ0n) is 16.4. The first-order valence-corrected chi connectivity index (χ1v) is 10.0. The Kier molecular flexibility index (Phi) is 5.66. The number of rotatable bonds is 5. The first-order valence-electron chi connectivity index (χ1n) is 9.20. The number of aromatic nitrogens is 4. The zero-order valence-corrected chi connectivity index (χ0v) is 17.3. The van der Waals surface area contributed by atoms with Crippen LogP contribution in [0.3, 0.4) is 0 Å². The van der Waals surface area contributed by atoms with Crippen LogP contribution in [0.5, 0.6) is 0 Å². The van der Waals surface area contributed by atoms with Crippen LogP contribution in [-0.4, -0.2) is 24.7 Å². The molecule has 0 saturated heterocycles. The van der Waals surface area contributed by atoms with Crippen molar-refractivity contribution in [3.63, 3.8) is 0 Å². The van der Waals surface area contributed by atoms with E-state index in [0.29, 0.717) is 23.1 Å². The van der Waals surface area contributed by atoms with Crippen molar-refractivity contribution in [3.8, 4) is 17.1 Å². The molecule has 0 aliphatic rings. The van der Waals surface area contributed by atoms with Crippen LogP contribution in [0.4, 0.5) is 18.9 Å². The quantitative estimate of drug-likeness (QED) is 0.282. The van der Waals surface area contributed by atoms with Gasteiger partial charge in [-0.05, 0) is 55.1 Å². The second-order valence-electron chi connectivity index (χ2n) is 6.75. The number of alkyl halides is 3. The summed E-state index contributed by atoms with van der Waals surface area (Å²) in [4.78, 5) is 14.7. The number of hydrogen-bond acceptors (Lipinski definition) is 6. The van der Waals surface area contributed by atoms with Crippen molar-refractivity contribution in [2.75, 3.05) is 0 Å². The third-order valence-electron chi connectivity index (χ3n) is 4.55. The maximum absolute atomic E-state index is 13.0. The highest BCUT2D eigenvalue weighted by atomic mass is 32.2. The van der Waals surface area contributed by atoms with Crippen molar-refractivity contribution < 1.29 is 18.1 Å². The molecule has 0 spiro atoms. The molecular weight excluding hydrogens is 443 g/mol. The first-order chi connectivity index (χ1) is 15.2. The molecule has 162 valence electrons. The second kappa shape index (κ2) is 8.42. The Bertz CT molecular complexity index is 1280. The highest BCUT2D eigenvalue weighted by Crippen LogP contribution is 2.40. The fourth-order valence-corrected chi connectivity index (χ4v) is 3.91. The van der Waals surface area contributed by atoms with Gasteiger partial charge in [-0.3, -0.25) is 19.7 Å². The van der Waals surface area contributed by atoms with E-state index in [1.807, 2.05) is 31.2 Å². The predicted molar refractivity (Wildman–Crippen MR) is 112 cm³/mol. The average molecular weight is 457 g/mol. The van der Waals surface area contributed by atoms with Crippen molar-refractivity contribution in [2.24, 2.45) is 0 Å². The van der Waals surface area contributed by atoms with Gasteiger partial charge in [-0.1, -0.05) is 17.7 Å². The molecule has 0 atom stereocenters. The summed E-state index contributed by atoms with van der Waals surface area (Å²) in [5, 5.41) is 20.1. The number of nitrogens with zero attached hydrogens (tertiary/aromatic N) is 5. The SMILES string of the molecule is Cc1ccc(-n2c(Sc3ccc(C(F)(F)F)cc3[N+](=O)[O-])nnc2-c2ccncc2)cc1. The third-order valence-corrected chi connectivity index (χ3v) is 5.56. The maximum atomic E-state index is 13.0. The maximum Gasteiger partial charge on any atom is 0.416 e. The van der Waals surface area contributed by atoms with Crippen LogP contribution >= 0.6 is 11.8 Å². The highest BCUT2D eigenvalue weighted by Gasteiger charge is 2.33. The average Bonchev–Trinajstić information content (AvgIpc) is 3.18. The molecule has 0 N–H and O–H groups in total. The molecule has 2 heterocycles. The lowest BCUT2D eigenvalue weighted by Gasteiger charge is -2.12. The van der Waals surface area contributed by atoms with Crippen molar-refractivity contribution in [1.82, 2.24) is 19.7 Å². The summed E-state index contributed by atoms with van der Waals surface area (Å²) >= 11 is 0.868. The molecule has 7 nitrogen and oxygen atoms in total. The third kappa shape index (κ3) is 4.33. The number of nitro benzene ring substituents is 1. The number of nitro groups is 1. The Morgan fingerprint density at radius 1 is 1.00 bits per heavy atom. The van der Waals surface area contributed by atoms with E-state index in [1.165, 1.54) is 0 Å². The Hall–Kier alpha value is -3.73.